The van der Waals surface area contributed by atoms with E-state index in [2.05, 4.69) is 9.59 Å². The predicted octanol–water partition coefficient (Wildman–Crippen LogP) is 2.89. The summed E-state index contributed by atoms with van der Waals surface area (Å²) in [6.07, 6.45) is -0.696. The van der Waals surface area contributed by atoms with Crippen molar-refractivity contribution in [2.24, 2.45) is 0 Å². The van der Waals surface area contributed by atoms with Crippen LogP contribution in [-0.4, -0.2) is 14.7 Å². The Morgan fingerprint density at radius 1 is 1.38 bits per heavy atom. The van der Waals surface area contributed by atoms with Gasteiger partial charge in [-0.1, -0.05) is 28.2 Å². The molecular weight excluding hydrogens is 244 g/mol. The Balaban J connectivity index is 2.38. The number of hydrogen-bond donors (Lipinski definition) is 1. The number of halogens is 1. The molecule has 1 N–H and O–H groups in total. The molecule has 84 valence electrons. The molecule has 1 atom stereocenters. The summed E-state index contributed by atoms with van der Waals surface area (Å²) in [5, 5.41) is 14.7. The van der Waals surface area contributed by atoms with Crippen molar-refractivity contribution in [2.45, 2.75) is 20.0 Å². The third kappa shape index (κ3) is 2.09. The first-order valence-corrected chi connectivity index (χ1v) is 5.97. The Labute approximate surface area is 103 Å². The fourth-order valence-corrected chi connectivity index (χ4v) is 2.27. The predicted molar refractivity (Wildman–Crippen MR) is 64.9 cm³/mol. The van der Waals surface area contributed by atoms with Crippen LogP contribution in [0.25, 0.3) is 0 Å². The minimum atomic E-state index is -0.696. The molecule has 0 saturated carbocycles. The van der Waals surface area contributed by atoms with Gasteiger partial charge >= 0.3 is 0 Å². The van der Waals surface area contributed by atoms with Crippen LogP contribution in [0.5, 0.6) is 0 Å². The fraction of sp³-hybridized carbons (Fsp3) is 0.273. The maximum atomic E-state index is 10.1. The largest absolute Gasteiger partial charge is 0.383 e. The second-order valence-corrected chi connectivity index (χ2v) is 4.83. The molecule has 1 aromatic heterocycles. The van der Waals surface area contributed by atoms with Gasteiger partial charge in [-0.25, -0.2) is 0 Å². The molecule has 2 rings (SSSR count). The van der Waals surface area contributed by atoms with Gasteiger partial charge in [0.05, 0.1) is 10.6 Å². The van der Waals surface area contributed by atoms with E-state index < -0.39 is 6.10 Å². The smallest absolute Gasteiger partial charge is 0.117 e. The third-order valence-electron chi connectivity index (χ3n) is 2.45. The van der Waals surface area contributed by atoms with Crippen LogP contribution in [-0.2, 0) is 0 Å². The van der Waals surface area contributed by atoms with Crippen LogP contribution in [0.1, 0.15) is 27.8 Å². The summed E-state index contributed by atoms with van der Waals surface area (Å²) in [5.41, 5.74) is 2.52. The lowest BCUT2D eigenvalue weighted by Crippen LogP contribution is -1.99. The summed E-state index contributed by atoms with van der Waals surface area (Å²) in [7, 11) is 0. The van der Waals surface area contributed by atoms with Gasteiger partial charge in [0.15, 0.2) is 0 Å². The van der Waals surface area contributed by atoms with E-state index in [4.69, 9.17) is 11.6 Å². The highest BCUT2D eigenvalue weighted by atomic mass is 35.5. The monoisotopic (exact) mass is 254 g/mol. The molecule has 1 aromatic carbocycles. The highest BCUT2D eigenvalue weighted by Gasteiger charge is 2.16. The highest BCUT2D eigenvalue weighted by Crippen LogP contribution is 2.29. The van der Waals surface area contributed by atoms with Crippen LogP contribution in [0.15, 0.2) is 18.2 Å². The van der Waals surface area contributed by atoms with E-state index in [1.54, 1.807) is 6.07 Å². The first kappa shape index (κ1) is 11.5. The molecule has 0 amide bonds. The Morgan fingerprint density at radius 3 is 2.69 bits per heavy atom. The zero-order chi connectivity index (χ0) is 11.7. The van der Waals surface area contributed by atoms with Gasteiger partial charge in [-0.3, -0.25) is 0 Å². The van der Waals surface area contributed by atoms with Gasteiger partial charge in [-0.05, 0) is 42.6 Å². The van der Waals surface area contributed by atoms with E-state index in [1.165, 1.54) is 11.5 Å². The molecule has 1 heterocycles. The van der Waals surface area contributed by atoms with Crippen molar-refractivity contribution in [3.8, 4) is 0 Å². The van der Waals surface area contributed by atoms with Crippen molar-refractivity contribution >= 4 is 23.1 Å². The van der Waals surface area contributed by atoms with Crippen molar-refractivity contribution in [3.63, 3.8) is 0 Å². The van der Waals surface area contributed by atoms with Gasteiger partial charge < -0.3 is 5.11 Å². The SMILES string of the molecule is Cc1ccc(C(O)c2snnc2C)cc1Cl. The zero-order valence-electron chi connectivity index (χ0n) is 8.94. The molecule has 5 heteroatoms. The summed E-state index contributed by atoms with van der Waals surface area (Å²) in [6.45, 7) is 3.76. The van der Waals surface area contributed by atoms with E-state index in [0.29, 0.717) is 5.02 Å². The first-order valence-electron chi connectivity index (χ1n) is 4.82. The van der Waals surface area contributed by atoms with Crippen molar-refractivity contribution in [2.75, 3.05) is 0 Å². The van der Waals surface area contributed by atoms with E-state index in [1.807, 2.05) is 26.0 Å². The maximum absolute atomic E-state index is 10.1. The van der Waals surface area contributed by atoms with Crippen molar-refractivity contribution in [3.05, 3.63) is 44.9 Å². The van der Waals surface area contributed by atoms with E-state index in [0.717, 1.165) is 21.7 Å². The normalized spacial score (nSPS) is 12.8. The number of nitrogens with zero attached hydrogens (tertiary/aromatic N) is 2. The average molecular weight is 255 g/mol. The van der Waals surface area contributed by atoms with Gasteiger partial charge in [0, 0.05) is 5.02 Å². The van der Waals surface area contributed by atoms with Gasteiger partial charge in [-0.15, -0.1) is 5.10 Å². The Bertz CT molecular complexity index is 512. The van der Waals surface area contributed by atoms with Crippen molar-refractivity contribution in [1.29, 1.82) is 0 Å². The Hall–Kier alpha value is -0.970. The van der Waals surface area contributed by atoms with Crippen LogP contribution < -0.4 is 0 Å². The second-order valence-electron chi connectivity index (χ2n) is 3.63. The summed E-state index contributed by atoms with van der Waals surface area (Å²) in [5.74, 6) is 0. The van der Waals surface area contributed by atoms with E-state index in [-0.39, 0.29) is 0 Å². The molecule has 1 unspecified atom stereocenters. The lowest BCUT2D eigenvalue weighted by Gasteiger charge is -2.10. The molecule has 0 spiro atoms. The average Bonchev–Trinajstić information content (AvgIpc) is 2.67. The second kappa shape index (κ2) is 4.49. The Morgan fingerprint density at radius 2 is 2.12 bits per heavy atom. The van der Waals surface area contributed by atoms with Gasteiger partial charge in [0.2, 0.25) is 0 Å². The lowest BCUT2D eigenvalue weighted by atomic mass is 10.1. The number of benzene rings is 1. The minimum Gasteiger partial charge on any atom is -0.383 e. The molecule has 16 heavy (non-hydrogen) atoms. The fourth-order valence-electron chi connectivity index (χ4n) is 1.42. The molecular formula is C11H11ClN2OS. The van der Waals surface area contributed by atoms with Gasteiger partial charge in [0.1, 0.15) is 6.10 Å². The minimum absolute atomic E-state index is 0.659. The van der Waals surface area contributed by atoms with Crippen LogP contribution in [0.2, 0.25) is 5.02 Å². The molecule has 0 bridgehead atoms. The summed E-state index contributed by atoms with van der Waals surface area (Å²) >= 11 is 7.23. The van der Waals surface area contributed by atoms with Crippen molar-refractivity contribution < 1.29 is 5.11 Å². The topological polar surface area (TPSA) is 46.0 Å². The maximum Gasteiger partial charge on any atom is 0.117 e. The van der Waals surface area contributed by atoms with Crippen LogP contribution >= 0.6 is 23.1 Å². The molecule has 3 nitrogen and oxygen atoms in total. The molecule has 0 aliphatic carbocycles. The molecule has 0 aliphatic heterocycles. The molecule has 0 aliphatic rings. The molecule has 0 radical (unpaired) electrons. The number of hydrogen-bond acceptors (Lipinski definition) is 4. The lowest BCUT2D eigenvalue weighted by molar-refractivity contribution is 0.223. The van der Waals surface area contributed by atoms with E-state index >= 15 is 0 Å². The summed E-state index contributed by atoms with van der Waals surface area (Å²) < 4.78 is 3.81. The zero-order valence-corrected chi connectivity index (χ0v) is 10.5. The molecule has 2 aromatic rings. The van der Waals surface area contributed by atoms with Crippen LogP contribution in [0, 0.1) is 13.8 Å². The van der Waals surface area contributed by atoms with Gasteiger partial charge in [0.25, 0.3) is 0 Å². The van der Waals surface area contributed by atoms with E-state index in [9.17, 15) is 5.11 Å². The number of aromatic nitrogens is 2. The third-order valence-corrected chi connectivity index (χ3v) is 3.73. The number of aryl methyl sites for hydroxylation is 2. The Kier molecular flexibility index (Phi) is 3.23. The first-order chi connectivity index (χ1) is 7.59. The quantitative estimate of drug-likeness (QED) is 0.896. The summed E-state index contributed by atoms with van der Waals surface area (Å²) in [6, 6.07) is 5.54. The molecule has 0 fully saturated rings. The number of aliphatic hydroxyl groups is 1. The van der Waals surface area contributed by atoms with Crippen molar-refractivity contribution in [1.82, 2.24) is 9.59 Å². The van der Waals surface area contributed by atoms with Crippen LogP contribution in [0.3, 0.4) is 0 Å². The number of rotatable bonds is 2. The van der Waals surface area contributed by atoms with Crippen LogP contribution in [0.4, 0.5) is 0 Å². The van der Waals surface area contributed by atoms with Gasteiger partial charge in [-0.2, -0.15) is 0 Å². The molecule has 0 saturated heterocycles. The number of aliphatic hydroxyl groups excluding tert-OH is 1. The highest BCUT2D eigenvalue weighted by molar-refractivity contribution is 7.05. The summed E-state index contributed by atoms with van der Waals surface area (Å²) in [4.78, 5) is 0.764. The standard InChI is InChI=1S/C11H11ClN2OS/c1-6-3-4-8(5-9(6)12)10(15)11-7(2)13-14-16-11/h3-5,10,15H,1-2H3.